The SMILES string of the molecule is Cn1cnc2c(ncn2[C@@H]2O[C@H](COP(=O)(O)O)[C@H](O)C2O)c1=N. The first-order chi connectivity index (χ1) is 11.2. The smallest absolute Gasteiger partial charge is 0.387 e. The number of phosphoric acid groups is 1. The second-order valence-corrected chi connectivity index (χ2v) is 6.60. The van der Waals surface area contributed by atoms with Gasteiger partial charge in [0, 0.05) is 7.05 Å². The molecule has 4 atom stereocenters. The van der Waals surface area contributed by atoms with Crippen LogP contribution in [0.2, 0.25) is 0 Å². The van der Waals surface area contributed by atoms with E-state index in [-0.39, 0.29) is 16.7 Å². The Morgan fingerprint density at radius 2 is 2.04 bits per heavy atom. The zero-order chi connectivity index (χ0) is 17.6. The Kier molecular flexibility index (Phi) is 4.30. The molecular weight excluding hydrogens is 345 g/mol. The van der Waals surface area contributed by atoms with Gasteiger partial charge < -0.3 is 29.3 Å². The number of fused-ring (bicyclic) bond motifs is 1. The minimum Gasteiger partial charge on any atom is -0.387 e. The standard InChI is InChI=1S/C11H16N5O7P/c1-15-3-14-10-6(9(15)12)13-4-16(10)11-8(18)7(17)5(23-11)2-22-24(19,20)21/h3-5,7-8,11-12,17-18H,2H2,1H3,(H2,19,20,21)/t5-,7+,8?,11-/m1/s1. The fourth-order valence-corrected chi connectivity index (χ4v) is 2.81. The first-order valence-corrected chi connectivity index (χ1v) is 8.36. The number of nitrogens with zero attached hydrogens (tertiary/aromatic N) is 4. The van der Waals surface area contributed by atoms with Crippen molar-refractivity contribution >= 4 is 19.0 Å². The van der Waals surface area contributed by atoms with Gasteiger partial charge in [0.15, 0.2) is 17.4 Å². The van der Waals surface area contributed by atoms with Crippen molar-refractivity contribution < 1.29 is 33.8 Å². The van der Waals surface area contributed by atoms with E-state index >= 15 is 0 Å². The number of hydrogen-bond donors (Lipinski definition) is 5. The average molecular weight is 361 g/mol. The molecule has 3 rings (SSSR count). The third-order valence-corrected chi connectivity index (χ3v) is 4.20. The molecule has 2 aromatic heterocycles. The average Bonchev–Trinajstić information content (AvgIpc) is 3.04. The molecule has 1 aliphatic rings. The van der Waals surface area contributed by atoms with Gasteiger partial charge in [-0.05, 0) is 0 Å². The van der Waals surface area contributed by atoms with Gasteiger partial charge in [0.05, 0.1) is 19.3 Å². The summed E-state index contributed by atoms with van der Waals surface area (Å²) >= 11 is 0. The zero-order valence-corrected chi connectivity index (χ0v) is 13.3. The quantitative estimate of drug-likeness (QED) is 0.385. The molecule has 2 aromatic rings. The summed E-state index contributed by atoms with van der Waals surface area (Å²) < 4.78 is 23.3. The Morgan fingerprint density at radius 1 is 1.33 bits per heavy atom. The molecule has 3 heterocycles. The summed E-state index contributed by atoms with van der Waals surface area (Å²) in [5.74, 6) is 0. The van der Waals surface area contributed by atoms with Crippen molar-refractivity contribution in [3.63, 3.8) is 0 Å². The topological polar surface area (TPSA) is 176 Å². The number of aryl methyl sites for hydroxylation is 1. The number of hydrogen-bond acceptors (Lipinski definition) is 8. The van der Waals surface area contributed by atoms with E-state index in [2.05, 4.69) is 14.5 Å². The molecule has 0 radical (unpaired) electrons. The fraction of sp³-hybridized carbons (Fsp3) is 0.545. The lowest BCUT2D eigenvalue weighted by molar-refractivity contribution is -0.0504. The van der Waals surface area contributed by atoms with Crippen molar-refractivity contribution in [2.45, 2.75) is 24.5 Å². The van der Waals surface area contributed by atoms with Crippen LogP contribution in [0.4, 0.5) is 0 Å². The third-order valence-electron chi connectivity index (χ3n) is 3.72. The van der Waals surface area contributed by atoms with E-state index in [1.807, 2.05) is 0 Å². The van der Waals surface area contributed by atoms with Crippen LogP contribution in [0.5, 0.6) is 0 Å². The van der Waals surface area contributed by atoms with E-state index in [1.54, 1.807) is 7.05 Å². The summed E-state index contributed by atoms with van der Waals surface area (Å²) in [5, 5.41) is 28.1. The largest absolute Gasteiger partial charge is 0.469 e. The summed E-state index contributed by atoms with van der Waals surface area (Å²) in [7, 11) is -3.09. The predicted molar refractivity (Wildman–Crippen MR) is 76.3 cm³/mol. The summed E-state index contributed by atoms with van der Waals surface area (Å²) in [4.78, 5) is 25.6. The van der Waals surface area contributed by atoms with Gasteiger partial charge in [0.2, 0.25) is 0 Å². The molecule has 1 aliphatic heterocycles. The van der Waals surface area contributed by atoms with Crippen LogP contribution in [0, 0.1) is 5.41 Å². The van der Waals surface area contributed by atoms with Gasteiger partial charge in [-0.2, -0.15) is 0 Å². The lowest BCUT2D eigenvalue weighted by Crippen LogP contribution is -2.33. The van der Waals surface area contributed by atoms with E-state index in [0.717, 1.165) is 0 Å². The number of ether oxygens (including phenoxy) is 1. The minimum absolute atomic E-state index is 0.105. The van der Waals surface area contributed by atoms with Crippen molar-refractivity contribution in [1.29, 1.82) is 5.41 Å². The zero-order valence-electron chi connectivity index (χ0n) is 12.4. The molecule has 1 unspecified atom stereocenters. The summed E-state index contributed by atoms with van der Waals surface area (Å²) in [5.41, 5.74) is 0.652. The number of aromatic nitrogens is 4. The number of aliphatic hydroxyl groups is 2. The Labute approximate surface area is 134 Å². The van der Waals surface area contributed by atoms with E-state index in [4.69, 9.17) is 19.9 Å². The fourth-order valence-electron chi connectivity index (χ4n) is 2.47. The lowest BCUT2D eigenvalue weighted by Gasteiger charge is -2.16. The number of imidazole rings is 1. The van der Waals surface area contributed by atoms with Gasteiger partial charge in [-0.1, -0.05) is 0 Å². The maximum atomic E-state index is 10.8. The summed E-state index contributed by atoms with van der Waals surface area (Å²) in [6, 6.07) is 0. The van der Waals surface area contributed by atoms with Crippen LogP contribution in [0.1, 0.15) is 6.23 Å². The van der Waals surface area contributed by atoms with Crippen molar-refractivity contribution in [2.24, 2.45) is 7.05 Å². The van der Waals surface area contributed by atoms with Crippen LogP contribution >= 0.6 is 7.82 Å². The summed E-state index contributed by atoms with van der Waals surface area (Å²) in [6.07, 6.45) is -2.34. The molecule has 1 saturated heterocycles. The number of aliphatic hydroxyl groups excluding tert-OH is 2. The highest BCUT2D eigenvalue weighted by Crippen LogP contribution is 2.38. The molecule has 0 spiro atoms. The van der Waals surface area contributed by atoms with Gasteiger partial charge in [0.25, 0.3) is 0 Å². The highest BCUT2D eigenvalue weighted by Gasteiger charge is 2.45. The predicted octanol–water partition coefficient (Wildman–Crippen LogP) is -2.02. The molecule has 0 aromatic carbocycles. The van der Waals surface area contributed by atoms with Crippen LogP contribution in [-0.2, 0) is 20.9 Å². The molecule has 1 fully saturated rings. The Balaban J connectivity index is 1.89. The Hall–Kier alpha value is -1.66. The van der Waals surface area contributed by atoms with Crippen LogP contribution in [0.25, 0.3) is 11.2 Å². The second kappa shape index (κ2) is 6.01. The molecule has 0 saturated carbocycles. The van der Waals surface area contributed by atoms with E-state index in [1.165, 1.54) is 21.8 Å². The first-order valence-electron chi connectivity index (χ1n) is 6.83. The minimum atomic E-state index is -4.73. The molecule has 5 N–H and O–H groups in total. The van der Waals surface area contributed by atoms with Gasteiger partial charge in [-0.3, -0.25) is 14.5 Å². The molecule has 13 heteroatoms. The maximum Gasteiger partial charge on any atom is 0.469 e. The van der Waals surface area contributed by atoms with Gasteiger partial charge >= 0.3 is 7.82 Å². The van der Waals surface area contributed by atoms with Gasteiger partial charge in [-0.15, -0.1) is 0 Å². The van der Waals surface area contributed by atoms with Crippen molar-refractivity contribution in [1.82, 2.24) is 19.1 Å². The number of nitrogens with one attached hydrogen (secondary N) is 1. The van der Waals surface area contributed by atoms with Crippen LogP contribution in [0.3, 0.4) is 0 Å². The molecule has 0 amide bonds. The van der Waals surface area contributed by atoms with Gasteiger partial charge in [-0.25, -0.2) is 14.5 Å². The normalized spacial score (nSPS) is 27.9. The van der Waals surface area contributed by atoms with Crippen molar-refractivity contribution in [3.8, 4) is 0 Å². The molecule has 0 aliphatic carbocycles. The Morgan fingerprint density at radius 3 is 2.71 bits per heavy atom. The lowest BCUT2D eigenvalue weighted by atomic mass is 10.1. The van der Waals surface area contributed by atoms with E-state index in [9.17, 15) is 14.8 Å². The molecular formula is C11H16N5O7P. The van der Waals surface area contributed by atoms with Crippen LogP contribution in [-0.4, -0.2) is 64.0 Å². The highest BCUT2D eigenvalue weighted by molar-refractivity contribution is 7.46. The van der Waals surface area contributed by atoms with Crippen molar-refractivity contribution in [2.75, 3.05) is 6.61 Å². The molecule has 24 heavy (non-hydrogen) atoms. The monoisotopic (exact) mass is 361 g/mol. The van der Waals surface area contributed by atoms with Gasteiger partial charge in [0.1, 0.15) is 23.8 Å². The maximum absolute atomic E-state index is 10.8. The Bertz CT molecular complexity index is 860. The summed E-state index contributed by atoms with van der Waals surface area (Å²) in [6.45, 7) is -0.599. The van der Waals surface area contributed by atoms with Crippen molar-refractivity contribution in [3.05, 3.63) is 18.1 Å². The third kappa shape index (κ3) is 3.00. The van der Waals surface area contributed by atoms with Crippen LogP contribution < -0.4 is 5.49 Å². The highest BCUT2D eigenvalue weighted by atomic mass is 31.2. The molecule has 132 valence electrons. The van der Waals surface area contributed by atoms with E-state index in [0.29, 0.717) is 0 Å². The number of rotatable bonds is 4. The molecule has 12 nitrogen and oxygen atoms in total. The number of phosphoric ester groups is 1. The second-order valence-electron chi connectivity index (χ2n) is 5.36. The molecule has 0 bridgehead atoms. The first kappa shape index (κ1) is 17.2. The van der Waals surface area contributed by atoms with Crippen LogP contribution in [0.15, 0.2) is 12.7 Å². The van der Waals surface area contributed by atoms with E-state index < -0.39 is 39.0 Å².